The van der Waals surface area contributed by atoms with E-state index in [-0.39, 0.29) is 5.92 Å². The van der Waals surface area contributed by atoms with Gasteiger partial charge in [-0.2, -0.15) is 5.10 Å². The second kappa shape index (κ2) is 8.67. The highest BCUT2D eigenvalue weighted by atomic mass is 35.5. The minimum Gasteiger partial charge on any atom is -0.481 e. The number of aromatic nitrogens is 4. The Morgan fingerprint density at radius 1 is 1.21 bits per heavy atom. The quantitative estimate of drug-likeness (QED) is 0.452. The van der Waals surface area contributed by atoms with Crippen molar-refractivity contribution in [1.29, 1.82) is 0 Å². The summed E-state index contributed by atoms with van der Waals surface area (Å²) in [5, 5.41) is 5.47. The van der Waals surface area contributed by atoms with Crippen LogP contribution in [-0.2, 0) is 17.6 Å². The van der Waals surface area contributed by atoms with Crippen molar-refractivity contribution in [3.05, 3.63) is 82.3 Å². The summed E-state index contributed by atoms with van der Waals surface area (Å²) in [6.45, 7) is 0. The number of amides is 1. The molecular formula is C25H22ClN5O2. The molecular weight excluding hydrogens is 438 g/mol. The molecule has 1 amide bonds. The van der Waals surface area contributed by atoms with Gasteiger partial charge in [0.1, 0.15) is 5.52 Å². The molecule has 1 unspecified atom stereocenters. The zero-order valence-electron chi connectivity index (χ0n) is 18.0. The van der Waals surface area contributed by atoms with Crippen molar-refractivity contribution >= 4 is 34.6 Å². The Bertz CT molecular complexity index is 1380. The standard InChI is InChI=1S/C25H22ClN5O2/c1-33-23-9-8-21-24(29-23)22(10-11-28-21)31-14-17-13-16(4-7-20(17)30-31)19(25(27)32)12-15-2-5-18(26)6-3-15/h2-3,5-6,8-12,14,16H,4,7,13H2,1H3,(H2,27,32). The maximum absolute atomic E-state index is 12.3. The van der Waals surface area contributed by atoms with Gasteiger partial charge in [-0.3, -0.25) is 9.78 Å². The van der Waals surface area contributed by atoms with Crippen LogP contribution in [0.15, 0.2) is 60.4 Å². The fourth-order valence-corrected chi connectivity index (χ4v) is 4.44. The van der Waals surface area contributed by atoms with Crippen molar-refractivity contribution in [2.24, 2.45) is 11.7 Å². The zero-order valence-corrected chi connectivity index (χ0v) is 18.8. The molecule has 3 aromatic heterocycles. The van der Waals surface area contributed by atoms with Crippen molar-refractivity contribution in [3.8, 4) is 11.6 Å². The van der Waals surface area contributed by atoms with Gasteiger partial charge in [-0.15, -0.1) is 0 Å². The fourth-order valence-electron chi connectivity index (χ4n) is 4.31. The number of methoxy groups -OCH3 is 1. The molecule has 0 spiro atoms. The zero-order chi connectivity index (χ0) is 22.9. The number of hydrogen-bond donors (Lipinski definition) is 1. The van der Waals surface area contributed by atoms with Gasteiger partial charge in [0.05, 0.1) is 24.0 Å². The van der Waals surface area contributed by atoms with E-state index in [1.807, 2.05) is 41.2 Å². The molecule has 0 aliphatic heterocycles. The molecule has 5 rings (SSSR count). The lowest BCUT2D eigenvalue weighted by atomic mass is 9.82. The Kier molecular flexibility index (Phi) is 5.56. The summed E-state index contributed by atoms with van der Waals surface area (Å²) in [5.41, 5.74) is 11.7. The number of hydrogen-bond acceptors (Lipinski definition) is 5. The largest absolute Gasteiger partial charge is 0.481 e. The van der Waals surface area contributed by atoms with Crippen LogP contribution in [0.4, 0.5) is 0 Å². The normalized spacial score (nSPS) is 15.9. The van der Waals surface area contributed by atoms with Crippen LogP contribution in [0.3, 0.4) is 0 Å². The Labute approximate surface area is 195 Å². The number of primary amides is 1. The topological polar surface area (TPSA) is 95.9 Å². The summed E-state index contributed by atoms with van der Waals surface area (Å²) in [7, 11) is 1.59. The van der Waals surface area contributed by atoms with Gasteiger partial charge in [-0.1, -0.05) is 23.7 Å². The average Bonchev–Trinajstić information content (AvgIpc) is 3.26. The van der Waals surface area contributed by atoms with E-state index in [4.69, 9.17) is 27.2 Å². The number of nitrogens with two attached hydrogens (primary N) is 1. The summed E-state index contributed by atoms with van der Waals surface area (Å²) in [4.78, 5) is 21.3. The second-order valence-corrected chi connectivity index (χ2v) is 8.49. The summed E-state index contributed by atoms with van der Waals surface area (Å²) in [6, 6.07) is 12.9. The van der Waals surface area contributed by atoms with Gasteiger partial charge in [0.15, 0.2) is 0 Å². The average molecular weight is 460 g/mol. The summed E-state index contributed by atoms with van der Waals surface area (Å²) < 4.78 is 7.13. The molecule has 166 valence electrons. The van der Waals surface area contributed by atoms with Crippen LogP contribution < -0.4 is 10.5 Å². The highest BCUT2D eigenvalue weighted by molar-refractivity contribution is 6.30. The molecule has 7 nitrogen and oxygen atoms in total. The number of nitrogens with zero attached hydrogens (tertiary/aromatic N) is 4. The van der Waals surface area contributed by atoms with E-state index in [1.54, 1.807) is 31.5 Å². The molecule has 1 aliphatic carbocycles. The highest BCUT2D eigenvalue weighted by Gasteiger charge is 2.27. The van der Waals surface area contributed by atoms with Gasteiger partial charge < -0.3 is 10.5 Å². The summed E-state index contributed by atoms with van der Waals surface area (Å²) in [5.74, 6) is 0.144. The molecule has 1 aliphatic rings. The van der Waals surface area contributed by atoms with Gasteiger partial charge in [-0.05, 0) is 66.6 Å². The number of carbonyl (C=O) groups is 1. The molecule has 0 saturated heterocycles. The molecule has 4 aromatic rings. The molecule has 2 N–H and O–H groups in total. The first-order valence-electron chi connectivity index (χ1n) is 10.7. The highest BCUT2D eigenvalue weighted by Crippen LogP contribution is 2.32. The van der Waals surface area contributed by atoms with Crippen LogP contribution in [-0.4, -0.2) is 32.8 Å². The van der Waals surface area contributed by atoms with Crippen molar-refractivity contribution in [2.45, 2.75) is 19.3 Å². The van der Waals surface area contributed by atoms with E-state index in [0.29, 0.717) is 28.4 Å². The van der Waals surface area contributed by atoms with Crippen LogP contribution in [0, 0.1) is 5.92 Å². The SMILES string of the molecule is COc1ccc2nccc(-n3cc4c(n3)CCC(C(=Cc3ccc(Cl)cc3)C(N)=O)C4)c2n1. The third kappa shape index (κ3) is 4.19. The molecule has 8 heteroatoms. The Hall–Kier alpha value is -3.71. The van der Waals surface area contributed by atoms with Crippen LogP contribution in [0.1, 0.15) is 23.2 Å². The predicted molar refractivity (Wildman–Crippen MR) is 127 cm³/mol. The van der Waals surface area contributed by atoms with E-state index in [9.17, 15) is 4.79 Å². The molecule has 33 heavy (non-hydrogen) atoms. The monoisotopic (exact) mass is 459 g/mol. The predicted octanol–water partition coefficient (Wildman–Crippen LogP) is 4.15. The number of benzene rings is 1. The lowest BCUT2D eigenvalue weighted by Crippen LogP contribution is -2.25. The van der Waals surface area contributed by atoms with Gasteiger partial charge in [0, 0.05) is 29.1 Å². The molecule has 1 atom stereocenters. The summed E-state index contributed by atoms with van der Waals surface area (Å²) in [6.07, 6.45) is 7.88. The minimum absolute atomic E-state index is 0.0238. The van der Waals surface area contributed by atoms with Gasteiger partial charge in [0.25, 0.3) is 0 Å². The van der Waals surface area contributed by atoms with E-state index >= 15 is 0 Å². The molecule has 3 heterocycles. The number of carbonyl (C=O) groups excluding carboxylic acids is 1. The van der Waals surface area contributed by atoms with Crippen LogP contribution in [0.5, 0.6) is 5.88 Å². The van der Waals surface area contributed by atoms with Crippen molar-refractivity contribution in [2.75, 3.05) is 7.11 Å². The first-order chi connectivity index (χ1) is 16.0. The molecule has 0 saturated carbocycles. The van der Waals surface area contributed by atoms with Crippen LogP contribution >= 0.6 is 11.6 Å². The number of rotatable bonds is 5. The van der Waals surface area contributed by atoms with Crippen molar-refractivity contribution < 1.29 is 9.53 Å². The number of ether oxygens (including phenoxy) is 1. The lowest BCUT2D eigenvalue weighted by molar-refractivity contribution is -0.115. The molecule has 0 fully saturated rings. The first-order valence-corrected chi connectivity index (χ1v) is 11.0. The van der Waals surface area contributed by atoms with E-state index in [2.05, 4.69) is 9.97 Å². The van der Waals surface area contributed by atoms with Gasteiger partial charge >= 0.3 is 0 Å². The Balaban J connectivity index is 1.48. The maximum atomic E-state index is 12.3. The maximum Gasteiger partial charge on any atom is 0.244 e. The third-order valence-electron chi connectivity index (χ3n) is 5.98. The van der Waals surface area contributed by atoms with Gasteiger partial charge in [-0.25, -0.2) is 9.67 Å². The third-order valence-corrected chi connectivity index (χ3v) is 6.23. The van der Waals surface area contributed by atoms with E-state index < -0.39 is 5.91 Å². The lowest BCUT2D eigenvalue weighted by Gasteiger charge is -2.22. The Morgan fingerprint density at radius 2 is 2.03 bits per heavy atom. The fraction of sp³-hybridized carbons (Fsp3) is 0.200. The molecule has 0 bridgehead atoms. The number of halogens is 1. The van der Waals surface area contributed by atoms with Crippen LogP contribution in [0.25, 0.3) is 22.8 Å². The number of aryl methyl sites for hydroxylation is 1. The minimum atomic E-state index is -0.401. The number of pyridine rings is 2. The number of fused-ring (bicyclic) bond motifs is 2. The van der Waals surface area contributed by atoms with Crippen molar-refractivity contribution in [1.82, 2.24) is 19.7 Å². The second-order valence-electron chi connectivity index (χ2n) is 8.05. The smallest absolute Gasteiger partial charge is 0.244 e. The molecule has 1 aromatic carbocycles. The van der Waals surface area contributed by atoms with Crippen LogP contribution in [0.2, 0.25) is 5.02 Å². The summed E-state index contributed by atoms with van der Waals surface area (Å²) >= 11 is 5.98. The van der Waals surface area contributed by atoms with Crippen molar-refractivity contribution in [3.63, 3.8) is 0 Å². The van der Waals surface area contributed by atoms with E-state index in [0.717, 1.165) is 40.9 Å². The Morgan fingerprint density at radius 3 is 2.79 bits per heavy atom. The first kappa shape index (κ1) is 21.2. The van der Waals surface area contributed by atoms with Gasteiger partial charge in [0.2, 0.25) is 11.8 Å². The molecule has 0 radical (unpaired) electrons. The van der Waals surface area contributed by atoms with E-state index in [1.165, 1.54) is 0 Å².